The van der Waals surface area contributed by atoms with Gasteiger partial charge in [-0.25, -0.2) is 0 Å². The average Bonchev–Trinajstić information content (AvgIpc) is 2.38. The lowest BCUT2D eigenvalue weighted by atomic mass is 9.86. The lowest BCUT2D eigenvalue weighted by Crippen LogP contribution is -2.43. The molecular weight excluding hydrogens is 208 g/mol. The fraction of sp³-hybridized carbons (Fsp3) is 1.00. The molecule has 0 bridgehead atoms. The summed E-state index contributed by atoms with van der Waals surface area (Å²) in [4.78, 5) is 2.67. The number of nitrogens with two attached hydrogens (primary N) is 1. The van der Waals surface area contributed by atoms with Crippen LogP contribution in [0.1, 0.15) is 58.3 Å². The van der Waals surface area contributed by atoms with E-state index in [2.05, 4.69) is 11.8 Å². The fourth-order valence-electron chi connectivity index (χ4n) is 3.56. The highest BCUT2D eigenvalue weighted by molar-refractivity contribution is 4.79. The van der Waals surface area contributed by atoms with Gasteiger partial charge in [-0.05, 0) is 51.1 Å². The molecule has 17 heavy (non-hydrogen) atoms. The molecule has 1 saturated carbocycles. The van der Waals surface area contributed by atoms with Crippen molar-refractivity contribution >= 4 is 0 Å². The summed E-state index contributed by atoms with van der Waals surface area (Å²) in [5.41, 5.74) is 6.04. The molecule has 0 radical (unpaired) electrons. The highest BCUT2D eigenvalue weighted by Crippen LogP contribution is 2.27. The Hall–Kier alpha value is -0.0800. The van der Waals surface area contributed by atoms with Crippen LogP contribution in [0, 0.1) is 11.8 Å². The largest absolute Gasteiger partial charge is 0.328 e. The second kappa shape index (κ2) is 6.75. The van der Waals surface area contributed by atoms with E-state index < -0.39 is 0 Å². The van der Waals surface area contributed by atoms with E-state index in [1.165, 1.54) is 71.0 Å². The molecule has 2 atom stereocenters. The Labute approximate surface area is 107 Å². The Balaban J connectivity index is 1.67. The van der Waals surface area contributed by atoms with Gasteiger partial charge in [-0.1, -0.05) is 32.1 Å². The predicted molar refractivity (Wildman–Crippen MR) is 74.0 cm³/mol. The first-order chi connectivity index (χ1) is 8.25. The van der Waals surface area contributed by atoms with Crippen LogP contribution < -0.4 is 5.73 Å². The Bertz CT molecular complexity index is 209. The van der Waals surface area contributed by atoms with Crippen LogP contribution in [0.4, 0.5) is 0 Å². The zero-order valence-electron chi connectivity index (χ0n) is 11.5. The molecule has 0 aromatic rings. The van der Waals surface area contributed by atoms with E-state index in [-0.39, 0.29) is 0 Å². The summed E-state index contributed by atoms with van der Waals surface area (Å²) in [6, 6.07) is 0.382. The lowest BCUT2D eigenvalue weighted by Gasteiger charge is -2.35. The van der Waals surface area contributed by atoms with Crippen LogP contribution in [-0.4, -0.2) is 30.6 Å². The zero-order valence-corrected chi connectivity index (χ0v) is 11.5. The standard InChI is InChI=1S/C15H30N2/c1-13(16)15-8-5-10-17(12-15)11-9-14-6-3-2-4-7-14/h13-15H,2-12,16H2,1H3. The van der Waals surface area contributed by atoms with Crippen molar-refractivity contribution in [3.05, 3.63) is 0 Å². The van der Waals surface area contributed by atoms with E-state index in [0.29, 0.717) is 6.04 Å². The maximum atomic E-state index is 6.04. The van der Waals surface area contributed by atoms with Crippen molar-refractivity contribution in [3.63, 3.8) is 0 Å². The third-order valence-electron chi connectivity index (χ3n) is 4.86. The van der Waals surface area contributed by atoms with E-state index in [1.807, 2.05) is 0 Å². The van der Waals surface area contributed by atoms with Crippen molar-refractivity contribution in [2.45, 2.75) is 64.3 Å². The SMILES string of the molecule is CC(N)C1CCCN(CCC2CCCCC2)C1. The van der Waals surface area contributed by atoms with Gasteiger partial charge < -0.3 is 10.6 Å². The van der Waals surface area contributed by atoms with Crippen LogP contribution >= 0.6 is 0 Å². The quantitative estimate of drug-likeness (QED) is 0.816. The Kier molecular flexibility index (Phi) is 5.30. The molecule has 100 valence electrons. The third-order valence-corrected chi connectivity index (χ3v) is 4.86. The van der Waals surface area contributed by atoms with Crippen molar-refractivity contribution in [1.82, 2.24) is 4.90 Å². The van der Waals surface area contributed by atoms with Crippen LogP contribution in [0.3, 0.4) is 0 Å². The minimum Gasteiger partial charge on any atom is -0.328 e. The van der Waals surface area contributed by atoms with Gasteiger partial charge in [-0.3, -0.25) is 0 Å². The summed E-state index contributed by atoms with van der Waals surface area (Å²) in [5.74, 6) is 1.77. The van der Waals surface area contributed by atoms with E-state index >= 15 is 0 Å². The minimum absolute atomic E-state index is 0.382. The molecule has 1 aliphatic carbocycles. The molecule has 2 nitrogen and oxygen atoms in total. The minimum atomic E-state index is 0.382. The van der Waals surface area contributed by atoms with E-state index in [4.69, 9.17) is 5.73 Å². The maximum absolute atomic E-state index is 6.04. The van der Waals surface area contributed by atoms with Gasteiger partial charge >= 0.3 is 0 Å². The van der Waals surface area contributed by atoms with Gasteiger partial charge in [-0.2, -0.15) is 0 Å². The summed E-state index contributed by atoms with van der Waals surface area (Å²) in [5, 5.41) is 0. The summed E-state index contributed by atoms with van der Waals surface area (Å²) in [6.45, 7) is 6.07. The van der Waals surface area contributed by atoms with E-state index in [9.17, 15) is 0 Å². The fourth-order valence-corrected chi connectivity index (χ4v) is 3.56. The summed E-state index contributed by atoms with van der Waals surface area (Å²) in [6.07, 6.45) is 11.6. The molecule has 0 aromatic heterocycles. The van der Waals surface area contributed by atoms with Crippen LogP contribution in [0.15, 0.2) is 0 Å². The lowest BCUT2D eigenvalue weighted by molar-refractivity contribution is 0.147. The number of piperidine rings is 1. The second-order valence-corrected chi connectivity index (χ2v) is 6.35. The van der Waals surface area contributed by atoms with Gasteiger partial charge in [0.2, 0.25) is 0 Å². The van der Waals surface area contributed by atoms with Gasteiger partial charge in [0, 0.05) is 12.6 Å². The molecular formula is C15H30N2. The molecule has 0 aromatic carbocycles. The van der Waals surface area contributed by atoms with Crippen molar-refractivity contribution in [2.75, 3.05) is 19.6 Å². The molecule has 0 spiro atoms. The van der Waals surface area contributed by atoms with Gasteiger partial charge in [-0.15, -0.1) is 0 Å². The molecule has 2 fully saturated rings. The Morgan fingerprint density at radius 1 is 1.12 bits per heavy atom. The smallest absolute Gasteiger partial charge is 0.00509 e. The first kappa shape index (κ1) is 13.4. The first-order valence-corrected chi connectivity index (χ1v) is 7.73. The van der Waals surface area contributed by atoms with Crippen LogP contribution in [-0.2, 0) is 0 Å². The van der Waals surface area contributed by atoms with Crippen LogP contribution in [0.25, 0.3) is 0 Å². The molecule has 1 aliphatic heterocycles. The molecule has 2 aliphatic rings. The van der Waals surface area contributed by atoms with E-state index in [0.717, 1.165) is 11.8 Å². The number of hydrogen-bond acceptors (Lipinski definition) is 2. The average molecular weight is 238 g/mol. The molecule has 1 heterocycles. The molecule has 2 rings (SSSR count). The number of rotatable bonds is 4. The first-order valence-electron chi connectivity index (χ1n) is 7.73. The maximum Gasteiger partial charge on any atom is 0.00509 e. The molecule has 2 heteroatoms. The van der Waals surface area contributed by atoms with Gasteiger partial charge in [0.15, 0.2) is 0 Å². The molecule has 2 unspecified atom stereocenters. The number of likely N-dealkylation sites (tertiary alicyclic amines) is 1. The molecule has 1 saturated heterocycles. The third kappa shape index (κ3) is 4.26. The van der Waals surface area contributed by atoms with Crippen molar-refractivity contribution < 1.29 is 0 Å². The summed E-state index contributed by atoms with van der Waals surface area (Å²) in [7, 11) is 0. The highest BCUT2D eigenvalue weighted by Gasteiger charge is 2.23. The predicted octanol–water partition coefficient (Wildman–Crippen LogP) is 3.02. The molecule has 0 amide bonds. The normalized spacial score (nSPS) is 30.4. The Morgan fingerprint density at radius 2 is 1.88 bits per heavy atom. The molecule has 2 N–H and O–H groups in total. The number of nitrogens with zero attached hydrogens (tertiary/aromatic N) is 1. The summed E-state index contributed by atoms with van der Waals surface area (Å²) >= 11 is 0. The van der Waals surface area contributed by atoms with Crippen molar-refractivity contribution in [3.8, 4) is 0 Å². The highest BCUT2D eigenvalue weighted by atomic mass is 15.1. The van der Waals surface area contributed by atoms with Crippen LogP contribution in [0.5, 0.6) is 0 Å². The number of hydrogen-bond donors (Lipinski definition) is 1. The zero-order chi connectivity index (χ0) is 12.1. The van der Waals surface area contributed by atoms with Crippen molar-refractivity contribution in [2.24, 2.45) is 17.6 Å². The summed E-state index contributed by atoms with van der Waals surface area (Å²) < 4.78 is 0. The van der Waals surface area contributed by atoms with Crippen LogP contribution in [0.2, 0.25) is 0 Å². The Morgan fingerprint density at radius 3 is 2.59 bits per heavy atom. The van der Waals surface area contributed by atoms with Gasteiger partial charge in [0.05, 0.1) is 0 Å². The monoisotopic (exact) mass is 238 g/mol. The topological polar surface area (TPSA) is 29.3 Å². The van der Waals surface area contributed by atoms with Gasteiger partial charge in [0.1, 0.15) is 0 Å². The second-order valence-electron chi connectivity index (χ2n) is 6.35. The van der Waals surface area contributed by atoms with Crippen molar-refractivity contribution in [1.29, 1.82) is 0 Å². The van der Waals surface area contributed by atoms with Gasteiger partial charge in [0.25, 0.3) is 0 Å². The van der Waals surface area contributed by atoms with E-state index in [1.54, 1.807) is 0 Å².